The Labute approximate surface area is 145 Å². The van der Waals surface area contributed by atoms with Crippen LogP contribution in [0.4, 0.5) is 0 Å². The number of likely N-dealkylation sites (tertiary alicyclic amines) is 1. The highest BCUT2D eigenvalue weighted by atomic mass is 32.1. The number of carboxylic acids is 1. The molecule has 1 aliphatic rings. The molecule has 1 aromatic heterocycles. The Morgan fingerprint density at radius 1 is 1.29 bits per heavy atom. The summed E-state index contributed by atoms with van der Waals surface area (Å²) in [5.74, 6) is -0.829. The molecule has 126 valence electrons. The predicted octanol–water partition coefficient (Wildman–Crippen LogP) is 3.44. The molecule has 24 heavy (non-hydrogen) atoms. The van der Waals surface area contributed by atoms with E-state index in [0.29, 0.717) is 29.5 Å². The second kappa shape index (κ2) is 6.73. The van der Waals surface area contributed by atoms with Crippen molar-refractivity contribution in [3.8, 4) is 10.6 Å². The monoisotopic (exact) mass is 344 g/mol. The molecule has 1 aliphatic heterocycles. The highest BCUT2D eigenvalue weighted by molar-refractivity contribution is 7.17. The zero-order valence-electron chi connectivity index (χ0n) is 13.7. The van der Waals surface area contributed by atoms with Crippen molar-refractivity contribution in [2.24, 2.45) is 5.92 Å². The smallest absolute Gasteiger partial charge is 0.326 e. The maximum absolute atomic E-state index is 12.9. The van der Waals surface area contributed by atoms with Gasteiger partial charge in [-0.3, -0.25) is 4.79 Å². The molecule has 6 heteroatoms. The zero-order valence-corrected chi connectivity index (χ0v) is 14.5. The Kier molecular flexibility index (Phi) is 4.66. The summed E-state index contributed by atoms with van der Waals surface area (Å²) in [5, 5.41) is 10.3. The molecule has 1 aromatic carbocycles. The Morgan fingerprint density at radius 2 is 2.00 bits per heavy atom. The van der Waals surface area contributed by atoms with Crippen LogP contribution in [0.1, 0.15) is 35.1 Å². The quantitative estimate of drug-likeness (QED) is 0.926. The van der Waals surface area contributed by atoms with Gasteiger partial charge >= 0.3 is 5.97 Å². The minimum Gasteiger partial charge on any atom is -0.480 e. The minimum atomic E-state index is -0.930. The molecule has 0 aliphatic carbocycles. The third-order valence-electron chi connectivity index (χ3n) is 4.42. The van der Waals surface area contributed by atoms with Crippen LogP contribution in [0.15, 0.2) is 30.3 Å². The van der Waals surface area contributed by atoms with Gasteiger partial charge in [-0.05, 0) is 25.7 Å². The second-order valence-electron chi connectivity index (χ2n) is 6.28. The molecular weight excluding hydrogens is 324 g/mol. The summed E-state index contributed by atoms with van der Waals surface area (Å²) >= 11 is 1.33. The van der Waals surface area contributed by atoms with Crippen molar-refractivity contribution in [2.45, 2.75) is 32.7 Å². The van der Waals surface area contributed by atoms with Crippen molar-refractivity contribution in [2.75, 3.05) is 6.54 Å². The first-order valence-electron chi connectivity index (χ1n) is 8.04. The van der Waals surface area contributed by atoms with Crippen LogP contribution in [-0.2, 0) is 4.79 Å². The lowest BCUT2D eigenvalue weighted by atomic mass is 9.92. The Balaban J connectivity index is 1.90. The molecule has 0 bridgehead atoms. The topological polar surface area (TPSA) is 70.5 Å². The van der Waals surface area contributed by atoms with Gasteiger partial charge in [-0.1, -0.05) is 37.3 Å². The van der Waals surface area contributed by atoms with Crippen LogP contribution in [0, 0.1) is 12.8 Å². The molecule has 0 radical (unpaired) electrons. The van der Waals surface area contributed by atoms with E-state index in [1.807, 2.05) is 37.3 Å². The summed E-state index contributed by atoms with van der Waals surface area (Å²) in [6.45, 7) is 4.32. The van der Waals surface area contributed by atoms with Gasteiger partial charge in [0, 0.05) is 12.1 Å². The molecule has 5 nitrogen and oxygen atoms in total. The van der Waals surface area contributed by atoms with Gasteiger partial charge in [-0.2, -0.15) is 0 Å². The second-order valence-corrected chi connectivity index (χ2v) is 7.28. The fourth-order valence-corrected chi connectivity index (χ4v) is 4.08. The molecular formula is C18H20N2O3S. The van der Waals surface area contributed by atoms with Gasteiger partial charge in [0.1, 0.15) is 15.9 Å². The molecule has 0 saturated carbocycles. The summed E-state index contributed by atoms with van der Waals surface area (Å²) in [4.78, 5) is 31.0. The molecule has 2 atom stereocenters. The molecule has 1 amide bonds. The molecule has 1 saturated heterocycles. The normalized spacial score (nSPS) is 20.8. The number of carboxylic acid groups (broad SMARTS) is 1. The molecule has 3 rings (SSSR count). The number of hydrogen-bond donors (Lipinski definition) is 1. The molecule has 2 aromatic rings. The van der Waals surface area contributed by atoms with Crippen LogP contribution in [0.3, 0.4) is 0 Å². The number of thiazole rings is 1. The summed E-state index contributed by atoms with van der Waals surface area (Å²) in [6, 6.07) is 8.95. The van der Waals surface area contributed by atoms with Crippen LogP contribution in [-0.4, -0.2) is 39.5 Å². The number of aryl methyl sites for hydroxylation is 1. The zero-order chi connectivity index (χ0) is 17.3. The van der Waals surface area contributed by atoms with E-state index in [1.54, 1.807) is 6.92 Å². The lowest BCUT2D eigenvalue weighted by molar-refractivity contribution is -0.144. The van der Waals surface area contributed by atoms with E-state index in [2.05, 4.69) is 4.98 Å². The molecule has 0 spiro atoms. The summed E-state index contributed by atoms with van der Waals surface area (Å²) in [5.41, 5.74) is 1.62. The van der Waals surface area contributed by atoms with Crippen LogP contribution < -0.4 is 0 Å². The van der Waals surface area contributed by atoms with Gasteiger partial charge in [0.2, 0.25) is 0 Å². The van der Waals surface area contributed by atoms with Gasteiger partial charge in [-0.15, -0.1) is 11.3 Å². The van der Waals surface area contributed by atoms with E-state index in [9.17, 15) is 14.7 Å². The van der Waals surface area contributed by atoms with Crippen LogP contribution >= 0.6 is 11.3 Å². The van der Waals surface area contributed by atoms with Gasteiger partial charge in [-0.25, -0.2) is 9.78 Å². The fourth-order valence-electron chi connectivity index (χ4n) is 3.05. The van der Waals surface area contributed by atoms with Gasteiger partial charge < -0.3 is 10.0 Å². The number of piperidine rings is 1. The summed E-state index contributed by atoms with van der Waals surface area (Å²) < 4.78 is 0. The molecule has 1 N–H and O–H groups in total. The number of carbonyl (C=O) groups is 2. The Morgan fingerprint density at radius 3 is 2.67 bits per heavy atom. The van der Waals surface area contributed by atoms with E-state index < -0.39 is 12.0 Å². The van der Waals surface area contributed by atoms with E-state index in [0.717, 1.165) is 17.0 Å². The highest BCUT2D eigenvalue weighted by Gasteiger charge is 2.36. The van der Waals surface area contributed by atoms with E-state index in [4.69, 9.17) is 0 Å². The van der Waals surface area contributed by atoms with Gasteiger partial charge in [0.25, 0.3) is 5.91 Å². The number of rotatable bonds is 3. The van der Waals surface area contributed by atoms with Crippen molar-refractivity contribution < 1.29 is 14.7 Å². The number of aliphatic carboxylic acids is 1. The fraction of sp³-hybridized carbons (Fsp3) is 0.389. The number of carbonyl (C=O) groups excluding carboxylic acids is 1. The first kappa shape index (κ1) is 16.6. The first-order valence-corrected chi connectivity index (χ1v) is 8.85. The predicted molar refractivity (Wildman–Crippen MR) is 93.1 cm³/mol. The highest BCUT2D eigenvalue weighted by Crippen LogP contribution is 2.31. The number of amides is 1. The number of nitrogens with zero attached hydrogens (tertiary/aromatic N) is 2. The average molecular weight is 344 g/mol. The standard InChI is InChI=1S/C18H20N2O3S/c1-11-8-9-20(14(10-11)18(22)23)17(21)15-12(2)19-16(24-15)13-6-4-3-5-7-13/h3-7,11,14H,8-10H2,1-2H3,(H,22,23). The third kappa shape index (κ3) is 3.19. The van der Waals surface area contributed by atoms with E-state index >= 15 is 0 Å². The van der Waals surface area contributed by atoms with Crippen LogP contribution in [0.5, 0.6) is 0 Å². The lowest BCUT2D eigenvalue weighted by Gasteiger charge is -2.35. The Hall–Kier alpha value is -2.21. The number of aromatic nitrogens is 1. The lowest BCUT2D eigenvalue weighted by Crippen LogP contribution is -2.49. The van der Waals surface area contributed by atoms with Crippen molar-refractivity contribution in [1.82, 2.24) is 9.88 Å². The average Bonchev–Trinajstić information content (AvgIpc) is 2.97. The minimum absolute atomic E-state index is 0.216. The van der Waals surface area contributed by atoms with Crippen molar-refractivity contribution in [1.29, 1.82) is 0 Å². The summed E-state index contributed by atoms with van der Waals surface area (Å²) in [7, 11) is 0. The van der Waals surface area contributed by atoms with E-state index in [1.165, 1.54) is 16.2 Å². The number of benzene rings is 1. The molecule has 2 heterocycles. The maximum Gasteiger partial charge on any atom is 0.326 e. The molecule has 1 fully saturated rings. The van der Waals surface area contributed by atoms with Gasteiger partial charge in [0.15, 0.2) is 0 Å². The number of hydrogen-bond acceptors (Lipinski definition) is 4. The summed E-state index contributed by atoms with van der Waals surface area (Å²) in [6.07, 6.45) is 1.34. The SMILES string of the molecule is Cc1nc(-c2ccccc2)sc1C(=O)N1CCC(C)CC1C(=O)O. The third-order valence-corrected chi connectivity index (χ3v) is 5.62. The molecule has 2 unspecified atom stereocenters. The Bertz CT molecular complexity index is 757. The van der Waals surface area contributed by atoms with Crippen LogP contribution in [0.25, 0.3) is 10.6 Å². The first-order chi connectivity index (χ1) is 11.5. The van der Waals surface area contributed by atoms with Crippen molar-refractivity contribution >= 4 is 23.2 Å². The van der Waals surface area contributed by atoms with Crippen molar-refractivity contribution in [3.63, 3.8) is 0 Å². The van der Waals surface area contributed by atoms with Crippen molar-refractivity contribution in [3.05, 3.63) is 40.9 Å². The van der Waals surface area contributed by atoms with E-state index in [-0.39, 0.29) is 5.91 Å². The van der Waals surface area contributed by atoms with Gasteiger partial charge in [0.05, 0.1) is 5.69 Å². The van der Waals surface area contributed by atoms with Crippen LogP contribution in [0.2, 0.25) is 0 Å². The maximum atomic E-state index is 12.9. The largest absolute Gasteiger partial charge is 0.480 e.